The summed E-state index contributed by atoms with van der Waals surface area (Å²) in [5.74, 6) is -4.22. The summed E-state index contributed by atoms with van der Waals surface area (Å²) < 4.78 is 38.7. The number of halogens is 2. The van der Waals surface area contributed by atoms with Gasteiger partial charge < -0.3 is 25.0 Å². The normalized spacial score (nSPS) is 15.1. The van der Waals surface area contributed by atoms with Gasteiger partial charge in [-0.3, -0.25) is 19.3 Å². The van der Waals surface area contributed by atoms with E-state index >= 15 is 0 Å². The molecule has 2 N–H and O–H groups in total. The summed E-state index contributed by atoms with van der Waals surface area (Å²) in [6, 6.07) is 20.8. The Morgan fingerprint density at radius 3 is 2.06 bits per heavy atom. The summed E-state index contributed by atoms with van der Waals surface area (Å²) in [7, 11) is 1.15. The van der Waals surface area contributed by atoms with Crippen LogP contribution in [0.15, 0.2) is 78.9 Å². The predicted molar refractivity (Wildman–Crippen MR) is 179 cm³/mol. The first-order valence-corrected chi connectivity index (χ1v) is 16.2. The molecule has 3 amide bonds. The second-order valence-electron chi connectivity index (χ2n) is 13.1. The number of nitrogens with zero attached hydrogens (tertiary/aromatic N) is 2. The van der Waals surface area contributed by atoms with Crippen LogP contribution in [0.1, 0.15) is 56.7 Å². The molecule has 0 bridgehead atoms. The maximum atomic E-state index is 14.7. The van der Waals surface area contributed by atoms with Crippen LogP contribution in [0, 0.1) is 11.6 Å². The van der Waals surface area contributed by atoms with Gasteiger partial charge in [-0.05, 0) is 62.4 Å². The van der Waals surface area contributed by atoms with Gasteiger partial charge in [-0.25, -0.2) is 13.6 Å². The molecule has 0 aliphatic carbocycles. The first-order chi connectivity index (χ1) is 23.3. The Labute approximate surface area is 285 Å². The third-order valence-electron chi connectivity index (χ3n) is 8.35. The van der Waals surface area contributed by atoms with E-state index in [0.717, 1.165) is 30.4 Å². The van der Waals surface area contributed by atoms with E-state index in [1.807, 2.05) is 60.7 Å². The van der Waals surface area contributed by atoms with Crippen LogP contribution >= 0.6 is 0 Å². The minimum absolute atomic E-state index is 0.171. The number of carbonyl (C=O) groups is 4. The number of nitrogens with one attached hydrogen (secondary N) is 2. The summed E-state index contributed by atoms with van der Waals surface area (Å²) in [6.45, 7) is 6.24. The van der Waals surface area contributed by atoms with Crippen LogP contribution in [0.3, 0.4) is 0 Å². The highest BCUT2D eigenvalue weighted by atomic mass is 19.2. The van der Waals surface area contributed by atoms with E-state index in [-0.39, 0.29) is 31.5 Å². The molecule has 1 aliphatic heterocycles. The van der Waals surface area contributed by atoms with Crippen molar-refractivity contribution in [1.29, 1.82) is 0 Å². The number of likely N-dealkylation sites (tertiary alicyclic amines) is 1. The van der Waals surface area contributed by atoms with Gasteiger partial charge in [0, 0.05) is 32.7 Å². The van der Waals surface area contributed by atoms with Gasteiger partial charge in [0.1, 0.15) is 17.2 Å². The number of benzene rings is 3. The van der Waals surface area contributed by atoms with E-state index in [9.17, 15) is 28.0 Å². The summed E-state index contributed by atoms with van der Waals surface area (Å²) in [5.41, 5.74) is -0.297. The van der Waals surface area contributed by atoms with E-state index in [2.05, 4.69) is 15.5 Å². The van der Waals surface area contributed by atoms with Crippen molar-refractivity contribution in [2.24, 2.45) is 0 Å². The van der Waals surface area contributed by atoms with Gasteiger partial charge in [0.15, 0.2) is 11.6 Å². The van der Waals surface area contributed by atoms with E-state index in [0.29, 0.717) is 19.6 Å². The third kappa shape index (κ3) is 10.3. The van der Waals surface area contributed by atoms with E-state index < -0.39 is 59.1 Å². The lowest BCUT2D eigenvalue weighted by Crippen LogP contribution is -2.66. The Hall–Kier alpha value is -4.84. The lowest BCUT2D eigenvalue weighted by Gasteiger charge is -2.48. The smallest absolute Gasteiger partial charge is 0.408 e. The topological polar surface area (TPSA) is 117 Å². The molecule has 0 aromatic heterocycles. The van der Waals surface area contributed by atoms with Gasteiger partial charge in [-0.2, -0.15) is 0 Å². The molecule has 4 rings (SSSR count). The molecule has 3 aromatic carbocycles. The van der Waals surface area contributed by atoms with Gasteiger partial charge in [0.05, 0.1) is 13.5 Å². The van der Waals surface area contributed by atoms with Gasteiger partial charge in [0.2, 0.25) is 11.8 Å². The first-order valence-electron chi connectivity index (χ1n) is 16.2. The van der Waals surface area contributed by atoms with Crippen molar-refractivity contribution in [3.05, 3.63) is 107 Å². The molecule has 262 valence electrons. The fraction of sp³-hybridized carbons (Fsp3) is 0.405. The molecule has 12 heteroatoms. The van der Waals surface area contributed by atoms with E-state index in [1.54, 1.807) is 20.8 Å². The number of alkyl carbamates (subject to hydrolysis) is 1. The molecule has 1 heterocycles. The molecule has 0 saturated carbocycles. The number of hydrogen-bond donors (Lipinski definition) is 2. The van der Waals surface area contributed by atoms with Crippen LogP contribution in [-0.4, -0.2) is 71.1 Å². The highest BCUT2D eigenvalue weighted by Crippen LogP contribution is 2.33. The highest BCUT2D eigenvalue weighted by molar-refractivity contribution is 5.96. The fourth-order valence-electron chi connectivity index (χ4n) is 5.83. The van der Waals surface area contributed by atoms with Crippen LogP contribution in [0.5, 0.6) is 0 Å². The van der Waals surface area contributed by atoms with Crippen molar-refractivity contribution in [2.75, 3.05) is 20.2 Å². The lowest BCUT2D eigenvalue weighted by molar-refractivity contribution is -0.156. The molecule has 49 heavy (non-hydrogen) atoms. The highest BCUT2D eigenvalue weighted by Gasteiger charge is 2.50. The molecular formula is C37H44F2N4O6. The zero-order valence-corrected chi connectivity index (χ0v) is 28.3. The summed E-state index contributed by atoms with van der Waals surface area (Å²) in [4.78, 5) is 58.1. The minimum Gasteiger partial charge on any atom is -0.469 e. The number of piperidine rings is 1. The number of methoxy groups -OCH3 is 1. The average molecular weight is 679 g/mol. The Morgan fingerprint density at radius 1 is 0.878 bits per heavy atom. The number of ether oxygens (including phenoxy) is 2. The Morgan fingerprint density at radius 2 is 1.49 bits per heavy atom. The Balaban J connectivity index is 1.75. The van der Waals surface area contributed by atoms with E-state index in [4.69, 9.17) is 9.47 Å². The van der Waals surface area contributed by atoms with Gasteiger partial charge in [-0.15, -0.1) is 0 Å². The van der Waals surface area contributed by atoms with Crippen LogP contribution in [0.4, 0.5) is 13.6 Å². The molecule has 1 atom stereocenters. The molecule has 1 saturated heterocycles. The maximum absolute atomic E-state index is 14.7. The molecule has 10 nitrogen and oxygen atoms in total. The standard InChI is InChI=1S/C37H44F2N4O6/c1-36(2,3)49-35(47)41-31(22-32(44)48-4)33(45)43(25-28-15-16-29(38)30(39)21-28)37(34(46)40-23-26-11-7-5-8-12-26)17-19-42(20-18-37)24-27-13-9-6-10-14-27/h5-16,21,31H,17-20,22-25H2,1-4H3,(H,40,46)(H,41,47)/t31-/m0/s1. The second kappa shape index (κ2) is 16.5. The number of hydrogen-bond acceptors (Lipinski definition) is 7. The summed E-state index contributed by atoms with van der Waals surface area (Å²) >= 11 is 0. The largest absolute Gasteiger partial charge is 0.469 e. The molecular weight excluding hydrogens is 634 g/mol. The first kappa shape index (κ1) is 37.0. The van der Waals surface area contributed by atoms with Crippen molar-refractivity contribution < 1.29 is 37.4 Å². The average Bonchev–Trinajstić information content (AvgIpc) is 3.07. The number of rotatable bonds is 12. The SMILES string of the molecule is COC(=O)C[C@H](NC(=O)OC(C)(C)C)C(=O)N(Cc1ccc(F)c(F)c1)C1(C(=O)NCc2ccccc2)CCN(Cc2ccccc2)CC1. The van der Waals surface area contributed by atoms with Crippen LogP contribution in [0.2, 0.25) is 0 Å². The number of esters is 1. The van der Waals surface area contributed by atoms with Gasteiger partial charge in [-0.1, -0.05) is 66.7 Å². The zero-order valence-electron chi connectivity index (χ0n) is 28.3. The van der Waals surface area contributed by atoms with Crippen molar-refractivity contribution in [3.63, 3.8) is 0 Å². The summed E-state index contributed by atoms with van der Waals surface area (Å²) in [6.07, 6.45) is -1.17. The van der Waals surface area contributed by atoms with Crippen LogP contribution in [-0.2, 0) is 43.5 Å². The van der Waals surface area contributed by atoms with E-state index in [1.165, 1.54) is 11.0 Å². The Kier molecular flexibility index (Phi) is 12.5. The molecule has 1 aliphatic rings. The molecule has 0 radical (unpaired) electrons. The number of amides is 3. The molecule has 3 aromatic rings. The molecule has 0 unspecified atom stereocenters. The zero-order chi connectivity index (χ0) is 35.6. The predicted octanol–water partition coefficient (Wildman–Crippen LogP) is 5.10. The minimum atomic E-state index is -1.51. The fourth-order valence-corrected chi connectivity index (χ4v) is 5.83. The quantitative estimate of drug-likeness (QED) is 0.256. The summed E-state index contributed by atoms with van der Waals surface area (Å²) in [5, 5.41) is 5.48. The van der Waals surface area contributed by atoms with Crippen molar-refractivity contribution >= 4 is 23.9 Å². The van der Waals surface area contributed by atoms with Gasteiger partial charge >= 0.3 is 12.1 Å². The van der Waals surface area contributed by atoms with Crippen molar-refractivity contribution in [3.8, 4) is 0 Å². The second-order valence-corrected chi connectivity index (χ2v) is 13.1. The number of carbonyl (C=O) groups excluding carboxylic acids is 4. The van der Waals surface area contributed by atoms with Crippen LogP contribution in [0.25, 0.3) is 0 Å². The third-order valence-corrected chi connectivity index (χ3v) is 8.35. The Bertz CT molecular complexity index is 1590. The van der Waals surface area contributed by atoms with Gasteiger partial charge in [0.25, 0.3) is 0 Å². The van der Waals surface area contributed by atoms with Crippen LogP contribution < -0.4 is 10.6 Å². The van der Waals surface area contributed by atoms with Crippen molar-refractivity contribution in [2.45, 2.75) is 76.8 Å². The molecule has 1 fully saturated rings. The van der Waals surface area contributed by atoms with Crippen molar-refractivity contribution in [1.82, 2.24) is 20.4 Å². The maximum Gasteiger partial charge on any atom is 0.408 e. The monoisotopic (exact) mass is 678 g/mol. The lowest BCUT2D eigenvalue weighted by atomic mass is 9.83. The molecule has 0 spiro atoms.